The van der Waals surface area contributed by atoms with E-state index in [0.717, 1.165) is 7.11 Å². The molecule has 2 amide bonds. The van der Waals surface area contributed by atoms with Gasteiger partial charge in [-0.2, -0.15) is 0 Å². The molecule has 0 saturated heterocycles. The first-order valence-corrected chi connectivity index (χ1v) is 8.86. The quantitative estimate of drug-likeness (QED) is 0.498. The molecule has 0 spiro atoms. The number of rotatable bonds is 5. The molecule has 6 nitrogen and oxygen atoms in total. The maximum absolute atomic E-state index is 14.6. The second-order valence-electron chi connectivity index (χ2n) is 6.89. The third-order valence-corrected chi connectivity index (χ3v) is 4.23. The normalized spacial score (nSPS) is 13.6. The number of benzene rings is 1. The Labute approximate surface area is 165 Å². The lowest BCUT2D eigenvalue weighted by atomic mass is 9.91. The average molecular weight is 484 g/mol. The Morgan fingerprint density at radius 1 is 1.19 bits per heavy atom. The van der Waals surface area contributed by atoms with Gasteiger partial charge in [-0.05, 0) is 61.9 Å². The number of alkyl carbamates (subject to hydrolysis) is 1. The summed E-state index contributed by atoms with van der Waals surface area (Å²) in [6.45, 7) is 6.46. The Morgan fingerprint density at radius 3 is 2.23 bits per heavy atom. The molecule has 1 aromatic rings. The van der Waals surface area contributed by atoms with E-state index in [9.17, 15) is 18.4 Å². The maximum Gasteiger partial charge on any atom is 0.408 e. The fourth-order valence-corrected chi connectivity index (χ4v) is 2.93. The van der Waals surface area contributed by atoms with Crippen LogP contribution in [0.2, 0.25) is 0 Å². The third kappa shape index (κ3) is 5.42. The van der Waals surface area contributed by atoms with Crippen molar-refractivity contribution in [2.24, 2.45) is 0 Å². The number of amides is 2. The van der Waals surface area contributed by atoms with Crippen LogP contribution in [0.25, 0.3) is 0 Å². The van der Waals surface area contributed by atoms with E-state index in [1.165, 1.54) is 20.0 Å². The number of ether oxygens (including phenoxy) is 2. The van der Waals surface area contributed by atoms with Gasteiger partial charge < -0.3 is 20.1 Å². The van der Waals surface area contributed by atoms with E-state index in [0.29, 0.717) is 0 Å². The lowest BCUT2D eigenvalue weighted by Crippen LogP contribution is -2.58. The maximum atomic E-state index is 14.6. The van der Waals surface area contributed by atoms with E-state index < -0.39 is 40.5 Å². The number of carbonyl (C=O) groups excluding carboxylic acids is 2. The summed E-state index contributed by atoms with van der Waals surface area (Å²) in [7, 11) is 2.54. The van der Waals surface area contributed by atoms with Crippen molar-refractivity contribution in [2.45, 2.75) is 45.3 Å². The van der Waals surface area contributed by atoms with Gasteiger partial charge >= 0.3 is 6.09 Å². The minimum atomic E-state index is -1.52. The van der Waals surface area contributed by atoms with Crippen molar-refractivity contribution >= 4 is 34.6 Å². The number of methoxy groups -OCH3 is 1. The molecule has 2 N–H and O–H groups in total. The minimum absolute atomic E-state index is 0.0230. The number of hydrogen-bond acceptors (Lipinski definition) is 4. The summed E-state index contributed by atoms with van der Waals surface area (Å²) in [6, 6.07) is 1.27. The van der Waals surface area contributed by atoms with Crippen LogP contribution in [0.15, 0.2) is 6.07 Å². The topological polar surface area (TPSA) is 76.7 Å². The van der Waals surface area contributed by atoms with Crippen LogP contribution in [0.4, 0.5) is 13.6 Å². The minimum Gasteiger partial charge on any atom is -0.491 e. The highest BCUT2D eigenvalue weighted by atomic mass is 127. The van der Waals surface area contributed by atoms with Gasteiger partial charge in [0, 0.05) is 13.5 Å². The van der Waals surface area contributed by atoms with Gasteiger partial charge in [-0.3, -0.25) is 4.79 Å². The summed E-state index contributed by atoms with van der Waals surface area (Å²) in [6.07, 6.45) is -1.06. The molecule has 0 aromatic heterocycles. The zero-order valence-electron chi connectivity index (χ0n) is 15.6. The molecular weight excluding hydrogens is 461 g/mol. The first kappa shape index (κ1) is 22.4. The van der Waals surface area contributed by atoms with Crippen LogP contribution >= 0.6 is 22.6 Å². The summed E-state index contributed by atoms with van der Waals surface area (Å²) in [5.41, 5.74) is -2.27. The van der Waals surface area contributed by atoms with Crippen LogP contribution in [0, 0.1) is 15.2 Å². The van der Waals surface area contributed by atoms with Crippen LogP contribution in [0.5, 0.6) is 5.75 Å². The molecule has 0 aliphatic carbocycles. The Balaban J connectivity index is 3.26. The van der Waals surface area contributed by atoms with Crippen LogP contribution < -0.4 is 15.4 Å². The Bertz CT molecular complexity index is 707. The molecule has 0 saturated carbocycles. The van der Waals surface area contributed by atoms with Gasteiger partial charge in [-0.1, -0.05) is 0 Å². The smallest absolute Gasteiger partial charge is 0.408 e. The van der Waals surface area contributed by atoms with Crippen LogP contribution in [-0.2, 0) is 16.0 Å². The molecule has 9 heteroatoms. The second kappa shape index (κ2) is 8.36. The molecule has 0 radical (unpaired) electrons. The first-order chi connectivity index (χ1) is 11.8. The van der Waals surface area contributed by atoms with E-state index in [4.69, 9.17) is 9.47 Å². The number of likely N-dealkylation sites (N-methyl/N-ethyl adjacent to an activating group) is 1. The van der Waals surface area contributed by atoms with Crippen LogP contribution in [0.1, 0.15) is 33.3 Å². The molecule has 0 bridgehead atoms. The molecule has 0 heterocycles. The van der Waals surface area contributed by atoms with Gasteiger partial charge in [0.15, 0.2) is 17.4 Å². The molecule has 26 heavy (non-hydrogen) atoms. The standard InChI is InChI=1S/C17H23F2IN2O4/c1-16(2,3)26-15(24)22-17(4,14(23)21-5)8-9-7-10(20)12(19)13(25-6)11(9)18/h7H,8H2,1-6H3,(H,21,23)(H,22,24). The average Bonchev–Trinajstić information content (AvgIpc) is 2.50. The van der Waals surface area contributed by atoms with Gasteiger partial charge in [0.05, 0.1) is 10.7 Å². The molecule has 0 aliphatic heterocycles. The zero-order valence-corrected chi connectivity index (χ0v) is 17.7. The molecular formula is C17H23F2IN2O4. The van der Waals surface area contributed by atoms with Crippen LogP contribution in [-0.4, -0.2) is 37.3 Å². The highest BCUT2D eigenvalue weighted by Crippen LogP contribution is 2.30. The molecule has 146 valence electrons. The van der Waals surface area contributed by atoms with Crippen molar-refractivity contribution in [3.63, 3.8) is 0 Å². The monoisotopic (exact) mass is 484 g/mol. The van der Waals surface area contributed by atoms with Crippen molar-refractivity contribution < 1.29 is 27.8 Å². The summed E-state index contributed by atoms with van der Waals surface area (Å²) in [4.78, 5) is 24.5. The van der Waals surface area contributed by atoms with Gasteiger partial charge in [0.25, 0.3) is 0 Å². The van der Waals surface area contributed by atoms with E-state index >= 15 is 0 Å². The highest BCUT2D eigenvalue weighted by Gasteiger charge is 2.37. The summed E-state index contributed by atoms with van der Waals surface area (Å²) < 4.78 is 38.6. The van der Waals surface area contributed by atoms with Crippen molar-refractivity contribution in [3.05, 3.63) is 26.8 Å². The SMILES string of the molecule is CNC(=O)C(C)(Cc1cc(I)c(F)c(OC)c1F)NC(=O)OC(C)(C)C. The van der Waals surface area contributed by atoms with Crippen molar-refractivity contribution in [1.82, 2.24) is 10.6 Å². The number of halogens is 3. The van der Waals surface area contributed by atoms with Crippen molar-refractivity contribution in [2.75, 3.05) is 14.2 Å². The number of nitrogens with one attached hydrogen (secondary N) is 2. The van der Waals surface area contributed by atoms with Crippen molar-refractivity contribution in [1.29, 1.82) is 0 Å². The first-order valence-electron chi connectivity index (χ1n) is 7.78. The fourth-order valence-electron chi connectivity index (χ4n) is 2.31. The number of carbonyl (C=O) groups is 2. The van der Waals surface area contributed by atoms with Gasteiger partial charge in [-0.25, -0.2) is 13.6 Å². The predicted octanol–water partition coefficient (Wildman–Crippen LogP) is 3.15. The largest absolute Gasteiger partial charge is 0.491 e. The third-order valence-electron chi connectivity index (χ3n) is 3.44. The van der Waals surface area contributed by atoms with Gasteiger partial charge in [0.2, 0.25) is 5.91 Å². The summed E-state index contributed by atoms with van der Waals surface area (Å²) >= 11 is 1.70. The summed E-state index contributed by atoms with van der Waals surface area (Å²) in [5, 5.41) is 4.90. The van der Waals surface area contributed by atoms with Crippen molar-refractivity contribution in [3.8, 4) is 5.75 Å². The predicted molar refractivity (Wildman–Crippen MR) is 101 cm³/mol. The molecule has 1 aromatic carbocycles. The highest BCUT2D eigenvalue weighted by molar-refractivity contribution is 14.1. The van der Waals surface area contributed by atoms with E-state index in [-0.39, 0.29) is 15.6 Å². The van der Waals surface area contributed by atoms with Gasteiger partial charge in [-0.15, -0.1) is 0 Å². The second-order valence-corrected chi connectivity index (χ2v) is 8.06. The lowest BCUT2D eigenvalue weighted by Gasteiger charge is -2.31. The molecule has 0 aliphatic rings. The number of hydrogen-bond donors (Lipinski definition) is 2. The Hall–Kier alpha value is -1.65. The zero-order chi connectivity index (χ0) is 20.3. The van der Waals surface area contributed by atoms with E-state index in [2.05, 4.69) is 10.6 Å². The molecule has 1 rings (SSSR count). The fraction of sp³-hybridized carbons (Fsp3) is 0.529. The lowest BCUT2D eigenvalue weighted by molar-refractivity contribution is -0.126. The molecule has 1 atom stereocenters. The van der Waals surface area contributed by atoms with E-state index in [1.807, 2.05) is 0 Å². The van der Waals surface area contributed by atoms with Crippen LogP contribution in [0.3, 0.4) is 0 Å². The van der Waals surface area contributed by atoms with Gasteiger partial charge in [0.1, 0.15) is 11.1 Å². The Morgan fingerprint density at radius 2 is 1.77 bits per heavy atom. The van der Waals surface area contributed by atoms with E-state index in [1.54, 1.807) is 43.4 Å². The Kier molecular flexibility index (Phi) is 7.20. The molecule has 0 fully saturated rings. The summed E-state index contributed by atoms with van der Waals surface area (Å²) in [5.74, 6) is -2.84. The molecule has 1 unspecified atom stereocenters.